The lowest BCUT2D eigenvalue weighted by molar-refractivity contribution is -0.139. The fraction of sp³-hybridized carbons (Fsp3) is 0.652. The van der Waals surface area contributed by atoms with Crippen LogP contribution in [0.3, 0.4) is 0 Å². The van der Waals surface area contributed by atoms with Crippen LogP contribution in [-0.4, -0.2) is 79.0 Å². The second kappa shape index (κ2) is 10.7. The molecular weight excluding hydrogens is 366 g/mol. The SMILES string of the molecule is C[C@H](C(=O)N1CCC(CCC(=O)N(C)Cc2ccccc2)CC1)N1CCOCC1. The summed E-state index contributed by atoms with van der Waals surface area (Å²) in [5.74, 6) is 0.976. The first-order valence-corrected chi connectivity index (χ1v) is 10.9. The molecule has 1 aromatic rings. The lowest BCUT2D eigenvalue weighted by Crippen LogP contribution is -2.52. The van der Waals surface area contributed by atoms with Gasteiger partial charge in [-0.3, -0.25) is 14.5 Å². The number of amides is 2. The molecule has 3 rings (SSSR count). The number of likely N-dealkylation sites (tertiary alicyclic amines) is 1. The van der Waals surface area contributed by atoms with Gasteiger partial charge in [-0.25, -0.2) is 0 Å². The van der Waals surface area contributed by atoms with Gasteiger partial charge in [0.25, 0.3) is 0 Å². The summed E-state index contributed by atoms with van der Waals surface area (Å²) in [4.78, 5) is 31.3. The Kier molecular flexibility index (Phi) is 8.07. The van der Waals surface area contributed by atoms with Crippen molar-refractivity contribution in [1.82, 2.24) is 14.7 Å². The standard InChI is InChI=1S/C23H35N3O3/c1-19(25-14-16-29-17-15-25)23(28)26-12-10-20(11-13-26)8-9-22(27)24(2)18-21-6-4-3-5-7-21/h3-7,19-20H,8-18H2,1-2H3/t19-/m1/s1. The molecule has 2 heterocycles. The molecule has 0 radical (unpaired) electrons. The van der Waals surface area contributed by atoms with E-state index in [0.717, 1.165) is 51.0 Å². The first-order valence-electron chi connectivity index (χ1n) is 10.9. The van der Waals surface area contributed by atoms with Crippen molar-refractivity contribution < 1.29 is 14.3 Å². The highest BCUT2D eigenvalue weighted by Crippen LogP contribution is 2.23. The predicted octanol–water partition coefficient (Wildman–Crippen LogP) is 2.38. The molecular formula is C23H35N3O3. The number of ether oxygens (including phenoxy) is 1. The molecule has 6 heteroatoms. The summed E-state index contributed by atoms with van der Waals surface area (Å²) in [6.07, 6.45) is 3.50. The zero-order valence-corrected chi connectivity index (χ0v) is 17.9. The van der Waals surface area contributed by atoms with Gasteiger partial charge in [-0.05, 0) is 37.7 Å². The molecule has 1 atom stereocenters. The largest absolute Gasteiger partial charge is 0.379 e. The second-order valence-corrected chi connectivity index (χ2v) is 8.37. The van der Waals surface area contributed by atoms with Crippen LogP contribution in [0, 0.1) is 5.92 Å². The van der Waals surface area contributed by atoms with Gasteiger partial charge in [0.1, 0.15) is 0 Å². The van der Waals surface area contributed by atoms with Gasteiger partial charge in [0, 0.05) is 46.2 Å². The van der Waals surface area contributed by atoms with Crippen LogP contribution in [0.4, 0.5) is 0 Å². The van der Waals surface area contributed by atoms with Crippen LogP contribution >= 0.6 is 0 Å². The zero-order chi connectivity index (χ0) is 20.6. The van der Waals surface area contributed by atoms with Crippen LogP contribution in [0.5, 0.6) is 0 Å². The van der Waals surface area contributed by atoms with Crippen molar-refractivity contribution in [2.75, 3.05) is 46.4 Å². The van der Waals surface area contributed by atoms with Crippen molar-refractivity contribution in [3.8, 4) is 0 Å². The minimum absolute atomic E-state index is 0.0661. The smallest absolute Gasteiger partial charge is 0.239 e. The van der Waals surface area contributed by atoms with Gasteiger partial charge >= 0.3 is 0 Å². The van der Waals surface area contributed by atoms with Gasteiger partial charge in [-0.2, -0.15) is 0 Å². The van der Waals surface area contributed by atoms with E-state index in [0.29, 0.717) is 32.1 Å². The van der Waals surface area contributed by atoms with Crippen LogP contribution in [-0.2, 0) is 20.9 Å². The Bertz CT molecular complexity index is 653. The monoisotopic (exact) mass is 401 g/mol. The maximum atomic E-state index is 12.8. The van der Waals surface area contributed by atoms with Crippen molar-refractivity contribution in [3.05, 3.63) is 35.9 Å². The average molecular weight is 402 g/mol. The van der Waals surface area contributed by atoms with Gasteiger partial charge in [-0.15, -0.1) is 0 Å². The number of hydrogen-bond acceptors (Lipinski definition) is 4. The lowest BCUT2D eigenvalue weighted by Gasteiger charge is -2.37. The molecule has 2 aliphatic heterocycles. The fourth-order valence-corrected chi connectivity index (χ4v) is 4.29. The number of carbonyl (C=O) groups excluding carboxylic acids is 2. The lowest BCUT2D eigenvalue weighted by atomic mass is 9.91. The molecule has 2 aliphatic rings. The zero-order valence-electron chi connectivity index (χ0n) is 17.9. The van der Waals surface area contributed by atoms with Gasteiger partial charge < -0.3 is 14.5 Å². The van der Waals surface area contributed by atoms with E-state index in [2.05, 4.69) is 17.0 Å². The summed E-state index contributed by atoms with van der Waals surface area (Å²) in [5, 5.41) is 0. The molecule has 2 saturated heterocycles. The second-order valence-electron chi connectivity index (χ2n) is 8.37. The number of rotatable bonds is 7. The summed E-state index contributed by atoms with van der Waals surface area (Å²) in [6, 6.07) is 10.0. The van der Waals surface area contributed by atoms with Crippen LogP contribution in [0.15, 0.2) is 30.3 Å². The number of hydrogen-bond donors (Lipinski definition) is 0. The van der Waals surface area contributed by atoms with E-state index >= 15 is 0 Å². The van der Waals surface area contributed by atoms with Crippen LogP contribution < -0.4 is 0 Å². The third-order valence-electron chi connectivity index (χ3n) is 6.33. The van der Waals surface area contributed by atoms with E-state index in [1.165, 1.54) is 0 Å². The van der Waals surface area contributed by atoms with Gasteiger partial charge in [0.15, 0.2) is 0 Å². The van der Waals surface area contributed by atoms with E-state index < -0.39 is 0 Å². The highest BCUT2D eigenvalue weighted by molar-refractivity contribution is 5.81. The Morgan fingerprint density at radius 2 is 1.76 bits per heavy atom. The Morgan fingerprint density at radius 3 is 2.41 bits per heavy atom. The Hall–Kier alpha value is -1.92. The summed E-state index contributed by atoms with van der Waals surface area (Å²) >= 11 is 0. The van der Waals surface area contributed by atoms with E-state index in [1.807, 2.05) is 42.0 Å². The van der Waals surface area contributed by atoms with Gasteiger partial charge in [0.05, 0.1) is 19.3 Å². The summed E-state index contributed by atoms with van der Waals surface area (Å²) in [5.41, 5.74) is 1.16. The Balaban J connectivity index is 1.37. The summed E-state index contributed by atoms with van der Waals surface area (Å²) in [7, 11) is 1.88. The van der Waals surface area contributed by atoms with Crippen LogP contribution in [0.25, 0.3) is 0 Å². The molecule has 1 aromatic carbocycles. The molecule has 29 heavy (non-hydrogen) atoms. The van der Waals surface area contributed by atoms with E-state index in [9.17, 15) is 9.59 Å². The van der Waals surface area contributed by atoms with E-state index in [-0.39, 0.29) is 17.9 Å². The fourth-order valence-electron chi connectivity index (χ4n) is 4.29. The highest BCUT2D eigenvalue weighted by atomic mass is 16.5. The van der Waals surface area contributed by atoms with Crippen molar-refractivity contribution >= 4 is 11.8 Å². The molecule has 0 N–H and O–H groups in total. The third kappa shape index (κ3) is 6.28. The van der Waals surface area contributed by atoms with Crippen LogP contribution in [0.1, 0.15) is 38.2 Å². The molecule has 0 unspecified atom stereocenters. The van der Waals surface area contributed by atoms with E-state index in [1.54, 1.807) is 0 Å². The molecule has 0 bridgehead atoms. The van der Waals surface area contributed by atoms with Crippen molar-refractivity contribution in [2.24, 2.45) is 5.92 Å². The molecule has 2 fully saturated rings. The number of nitrogens with zero attached hydrogens (tertiary/aromatic N) is 3. The molecule has 0 saturated carbocycles. The number of piperidine rings is 1. The number of carbonyl (C=O) groups is 2. The van der Waals surface area contributed by atoms with E-state index in [4.69, 9.17) is 4.74 Å². The maximum Gasteiger partial charge on any atom is 0.239 e. The predicted molar refractivity (Wildman–Crippen MR) is 113 cm³/mol. The van der Waals surface area contributed by atoms with Gasteiger partial charge in [-0.1, -0.05) is 30.3 Å². The minimum Gasteiger partial charge on any atom is -0.379 e. The van der Waals surface area contributed by atoms with Crippen molar-refractivity contribution in [1.29, 1.82) is 0 Å². The first kappa shape index (κ1) is 21.8. The normalized spacial score (nSPS) is 19.7. The number of morpholine rings is 1. The van der Waals surface area contributed by atoms with Crippen molar-refractivity contribution in [3.63, 3.8) is 0 Å². The molecule has 0 aromatic heterocycles. The maximum absolute atomic E-state index is 12.8. The summed E-state index contributed by atoms with van der Waals surface area (Å²) < 4.78 is 5.39. The number of benzene rings is 1. The Morgan fingerprint density at radius 1 is 1.10 bits per heavy atom. The third-order valence-corrected chi connectivity index (χ3v) is 6.33. The molecule has 6 nitrogen and oxygen atoms in total. The summed E-state index contributed by atoms with van der Waals surface area (Å²) in [6.45, 7) is 7.40. The Labute approximate surface area is 174 Å². The topological polar surface area (TPSA) is 53.1 Å². The van der Waals surface area contributed by atoms with Crippen molar-refractivity contribution in [2.45, 2.75) is 45.2 Å². The van der Waals surface area contributed by atoms with Gasteiger partial charge in [0.2, 0.25) is 11.8 Å². The molecule has 0 aliphatic carbocycles. The highest BCUT2D eigenvalue weighted by Gasteiger charge is 2.30. The minimum atomic E-state index is -0.0661. The molecule has 0 spiro atoms. The quantitative estimate of drug-likeness (QED) is 0.704. The first-order chi connectivity index (χ1) is 14.0. The molecule has 2 amide bonds. The molecule has 160 valence electrons. The van der Waals surface area contributed by atoms with Crippen LogP contribution in [0.2, 0.25) is 0 Å². The average Bonchev–Trinajstić information content (AvgIpc) is 2.78.